The molecule has 0 saturated carbocycles. The molecule has 0 N–H and O–H groups in total. The zero-order valence-electron chi connectivity index (χ0n) is 19.5. The fourth-order valence-electron chi connectivity index (χ4n) is 4.14. The Morgan fingerprint density at radius 1 is 0.400 bits per heavy atom. The Morgan fingerprint density at radius 3 is 1.31 bits per heavy atom. The van der Waals surface area contributed by atoms with Gasteiger partial charge >= 0.3 is 0 Å². The van der Waals surface area contributed by atoms with Crippen LogP contribution < -0.4 is 0 Å². The molecule has 35 heavy (non-hydrogen) atoms. The SMILES string of the molecule is CSc1ccc(C(c2cccc(Sc3ccccc3)c2)c2cccc(Sc3ccccc3)c2)cc1. The van der Waals surface area contributed by atoms with Gasteiger partial charge in [-0.2, -0.15) is 0 Å². The molecule has 5 rings (SSSR count). The summed E-state index contributed by atoms with van der Waals surface area (Å²) in [4.78, 5) is 6.32. The Morgan fingerprint density at radius 2 is 0.857 bits per heavy atom. The fraction of sp³-hybridized carbons (Fsp3) is 0.0625. The molecule has 3 heteroatoms. The van der Waals surface area contributed by atoms with Crippen molar-refractivity contribution in [2.45, 2.75) is 30.4 Å². The van der Waals surface area contributed by atoms with E-state index in [1.807, 2.05) is 23.5 Å². The first-order valence-electron chi connectivity index (χ1n) is 11.6. The molecule has 5 aromatic rings. The number of benzene rings is 5. The van der Waals surface area contributed by atoms with Crippen LogP contribution in [0.5, 0.6) is 0 Å². The summed E-state index contributed by atoms with van der Waals surface area (Å²) < 4.78 is 0. The van der Waals surface area contributed by atoms with E-state index in [9.17, 15) is 0 Å². The van der Waals surface area contributed by atoms with E-state index in [1.54, 1.807) is 11.8 Å². The summed E-state index contributed by atoms with van der Waals surface area (Å²) in [6.07, 6.45) is 2.13. The maximum atomic E-state index is 2.35. The highest BCUT2D eigenvalue weighted by molar-refractivity contribution is 7.99. The topological polar surface area (TPSA) is 0 Å². The van der Waals surface area contributed by atoms with Gasteiger partial charge in [0, 0.05) is 30.4 Å². The van der Waals surface area contributed by atoms with Gasteiger partial charge in [-0.3, -0.25) is 0 Å². The van der Waals surface area contributed by atoms with E-state index in [0.29, 0.717) is 0 Å². The van der Waals surface area contributed by atoms with Gasteiger partial charge in [0.25, 0.3) is 0 Å². The van der Waals surface area contributed by atoms with Crippen LogP contribution in [0.3, 0.4) is 0 Å². The average molecular weight is 507 g/mol. The second-order valence-electron chi connectivity index (χ2n) is 8.18. The first kappa shape index (κ1) is 23.9. The molecule has 0 aliphatic rings. The Kier molecular flexibility index (Phi) is 7.99. The minimum absolute atomic E-state index is 0.165. The van der Waals surface area contributed by atoms with Crippen LogP contribution in [0.4, 0.5) is 0 Å². The van der Waals surface area contributed by atoms with E-state index in [0.717, 1.165) is 0 Å². The molecule has 0 radical (unpaired) electrons. The van der Waals surface area contributed by atoms with Gasteiger partial charge in [0.2, 0.25) is 0 Å². The van der Waals surface area contributed by atoms with E-state index in [-0.39, 0.29) is 5.92 Å². The van der Waals surface area contributed by atoms with Gasteiger partial charge in [-0.25, -0.2) is 0 Å². The van der Waals surface area contributed by atoms with Gasteiger partial charge in [0.15, 0.2) is 0 Å². The number of rotatable bonds is 8. The van der Waals surface area contributed by atoms with Crippen molar-refractivity contribution >= 4 is 35.3 Å². The molecule has 172 valence electrons. The van der Waals surface area contributed by atoms with Crippen molar-refractivity contribution in [3.8, 4) is 0 Å². The maximum absolute atomic E-state index is 2.35. The minimum atomic E-state index is 0.165. The quantitative estimate of drug-likeness (QED) is 0.152. The molecule has 0 bridgehead atoms. The van der Waals surface area contributed by atoms with Crippen molar-refractivity contribution in [3.63, 3.8) is 0 Å². The van der Waals surface area contributed by atoms with Gasteiger partial charge in [-0.05, 0) is 83.6 Å². The fourth-order valence-corrected chi connectivity index (χ4v) is 6.36. The Labute approximate surface area is 221 Å². The summed E-state index contributed by atoms with van der Waals surface area (Å²) in [5.41, 5.74) is 3.93. The molecule has 0 aliphatic heterocycles. The molecule has 0 heterocycles. The van der Waals surface area contributed by atoms with Gasteiger partial charge in [0.05, 0.1) is 0 Å². The van der Waals surface area contributed by atoms with Crippen LogP contribution in [0, 0.1) is 0 Å². The highest BCUT2D eigenvalue weighted by Crippen LogP contribution is 2.38. The molecule has 0 aromatic heterocycles. The highest BCUT2D eigenvalue weighted by atomic mass is 32.2. The molecule has 0 spiro atoms. The predicted molar refractivity (Wildman–Crippen MR) is 153 cm³/mol. The van der Waals surface area contributed by atoms with Crippen molar-refractivity contribution in [1.82, 2.24) is 0 Å². The van der Waals surface area contributed by atoms with E-state index >= 15 is 0 Å². The highest BCUT2D eigenvalue weighted by Gasteiger charge is 2.18. The largest absolute Gasteiger partial charge is 0.130 e. The number of hydrogen-bond donors (Lipinski definition) is 0. The first-order chi connectivity index (χ1) is 17.3. The predicted octanol–water partition coefficient (Wildman–Crippen LogP) is 9.89. The van der Waals surface area contributed by atoms with Crippen LogP contribution in [0.2, 0.25) is 0 Å². The van der Waals surface area contributed by atoms with Crippen molar-refractivity contribution in [1.29, 1.82) is 0 Å². The second-order valence-corrected chi connectivity index (χ2v) is 11.4. The van der Waals surface area contributed by atoms with Crippen LogP contribution in [-0.4, -0.2) is 6.26 Å². The minimum Gasteiger partial charge on any atom is -0.130 e. The molecule has 0 amide bonds. The lowest BCUT2D eigenvalue weighted by Crippen LogP contribution is -2.04. The van der Waals surface area contributed by atoms with Gasteiger partial charge in [0.1, 0.15) is 0 Å². The Balaban J connectivity index is 1.53. The summed E-state index contributed by atoms with van der Waals surface area (Å²) in [7, 11) is 0. The van der Waals surface area contributed by atoms with E-state index in [4.69, 9.17) is 0 Å². The second kappa shape index (κ2) is 11.7. The first-order valence-corrected chi connectivity index (χ1v) is 14.4. The third-order valence-electron chi connectivity index (χ3n) is 5.79. The van der Waals surface area contributed by atoms with Crippen LogP contribution >= 0.6 is 35.3 Å². The van der Waals surface area contributed by atoms with E-state index in [1.165, 1.54) is 41.2 Å². The zero-order chi connectivity index (χ0) is 23.9. The third-order valence-corrected chi connectivity index (χ3v) is 8.53. The molecule has 0 saturated heterocycles. The summed E-state index contributed by atoms with van der Waals surface area (Å²) >= 11 is 5.41. The molecule has 0 aliphatic carbocycles. The van der Waals surface area contributed by atoms with Crippen LogP contribution in [0.25, 0.3) is 0 Å². The molecule has 5 aromatic carbocycles. The lowest BCUT2D eigenvalue weighted by atomic mass is 9.85. The summed E-state index contributed by atoms with van der Waals surface area (Å²) in [5, 5.41) is 0. The smallest absolute Gasteiger partial charge is 0.0340 e. The standard InChI is InChI=1S/C32H26S3/c1-33-27-20-18-24(19-21-27)32(25-10-8-16-30(22-25)34-28-12-4-2-5-13-28)26-11-9-17-31(23-26)35-29-14-6-3-7-15-29/h2-23,32H,1H3. The molecular weight excluding hydrogens is 481 g/mol. The van der Waals surface area contributed by atoms with E-state index < -0.39 is 0 Å². The third kappa shape index (κ3) is 6.24. The molecule has 0 atom stereocenters. The lowest BCUT2D eigenvalue weighted by Gasteiger charge is -2.21. The Bertz CT molecular complexity index is 1280. The summed E-state index contributed by atoms with van der Waals surface area (Å²) in [6, 6.07) is 48.2. The van der Waals surface area contributed by atoms with Gasteiger partial charge < -0.3 is 0 Å². The number of thioether (sulfide) groups is 1. The molecule has 0 nitrogen and oxygen atoms in total. The normalized spacial score (nSPS) is 11.0. The monoisotopic (exact) mass is 506 g/mol. The van der Waals surface area contributed by atoms with Crippen LogP contribution in [0.15, 0.2) is 158 Å². The van der Waals surface area contributed by atoms with Crippen molar-refractivity contribution < 1.29 is 0 Å². The average Bonchev–Trinajstić information content (AvgIpc) is 2.91. The van der Waals surface area contributed by atoms with Crippen molar-refractivity contribution in [2.24, 2.45) is 0 Å². The van der Waals surface area contributed by atoms with E-state index in [2.05, 4.69) is 140 Å². The van der Waals surface area contributed by atoms with Gasteiger partial charge in [-0.1, -0.05) is 96.3 Å². The summed E-state index contributed by atoms with van der Waals surface area (Å²) in [6.45, 7) is 0. The van der Waals surface area contributed by atoms with Crippen molar-refractivity contribution in [3.05, 3.63) is 150 Å². The maximum Gasteiger partial charge on any atom is 0.0340 e. The van der Waals surface area contributed by atoms with Gasteiger partial charge in [-0.15, -0.1) is 11.8 Å². The molecule has 0 unspecified atom stereocenters. The lowest BCUT2D eigenvalue weighted by molar-refractivity contribution is 0.961. The van der Waals surface area contributed by atoms with Crippen molar-refractivity contribution in [2.75, 3.05) is 6.26 Å². The number of hydrogen-bond acceptors (Lipinski definition) is 3. The Hall–Kier alpha value is -2.85. The molecular formula is C32H26S3. The van der Waals surface area contributed by atoms with Crippen LogP contribution in [0.1, 0.15) is 22.6 Å². The van der Waals surface area contributed by atoms with Crippen LogP contribution in [-0.2, 0) is 0 Å². The molecule has 0 fully saturated rings. The zero-order valence-corrected chi connectivity index (χ0v) is 22.0. The summed E-state index contributed by atoms with van der Waals surface area (Å²) in [5.74, 6) is 0.165.